The molecule has 1 fully saturated rings. The first-order valence-corrected chi connectivity index (χ1v) is 14.5. The first-order chi connectivity index (χ1) is 21.0. The molecule has 0 unspecified atom stereocenters. The number of fused-ring (bicyclic) bond motifs is 2. The number of hydrogen-bond donors (Lipinski definition) is 1. The summed E-state index contributed by atoms with van der Waals surface area (Å²) >= 11 is 0. The topological polar surface area (TPSA) is 112 Å². The summed E-state index contributed by atoms with van der Waals surface area (Å²) in [5.74, 6) is 1.09. The van der Waals surface area contributed by atoms with Crippen molar-refractivity contribution in [3.63, 3.8) is 0 Å². The molecule has 0 radical (unpaired) electrons. The lowest BCUT2D eigenvalue weighted by Gasteiger charge is -2.24. The van der Waals surface area contributed by atoms with Crippen LogP contribution < -0.4 is 20.3 Å². The molecule has 2 aliphatic heterocycles. The minimum atomic E-state index is -0.330. The Kier molecular flexibility index (Phi) is 8.11. The first-order valence-electron chi connectivity index (χ1n) is 14.5. The summed E-state index contributed by atoms with van der Waals surface area (Å²) in [6, 6.07) is 18.4. The van der Waals surface area contributed by atoms with E-state index in [0.717, 1.165) is 37.3 Å². The Morgan fingerprint density at radius 2 is 1.58 bits per heavy atom. The molecule has 6 rings (SSSR count). The van der Waals surface area contributed by atoms with Gasteiger partial charge in [-0.15, -0.1) is 0 Å². The van der Waals surface area contributed by atoms with E-state index >= 15 is 0 Å². The van der Waals surface area contributed by atoms with E-state index in [2.05, 4.69) is 5.32 Å². The molecule has 10 nitrogen and oxygen atoms in total. The first kappa shape index (κ1) is 28.4. The number of carbonyl (C=O) groups is 2. The normalized spacial score (nSPS) is 15.2. The van der Waals surface area contributed by atoms with Gasteiger partial charge in [-0.3, -0.25) is 23.9 Å². The summed E-state index contributed by atoms with van der Waals surface area (Å²) in [5, 5.41) is 4.05. The summed E-state index contributed by atoms with van der Waals surface area (Å²) in [5.41, 5.74) is 3.05. The number of imide groups is 1. The second-order valence-corrected chi connectivity index (χ2v) is 10.7. The van der Waals surface area contributed by atoms with Crippen molar-refractivity contribution in [3.8, 4) is 11.5 Å². The molecule has 0 atom stereocenters. The van der Waals surface area contributed by atoms with Gasteiger partial charge in [0.1, 0.15) is 5.82 Å². The van der Waals surface area contributed by atoms with Crippen molar-refractivity contribution >= 4 is 28.4 Å². The number of amides is 2. The van der Waals surface area contributed by atoms with Crippen molar-refractivity contribution in [1.29, 1.82) is 0 Å². The van der Waals surface area contributed by atoms with E-state index in [-0.39, 0.29) is 30.3 Å². The third-order valence-corrected chi connectivity index (χ3v) is 8.14. The number of nitrogens with zero attached hydrogens (tertiary/aromatic N) is 3. The van der Waals surface area contributed by atoms with Crippen LogP contribution in [0.1, 0.15) is 44.9 Å². The molecule has 2 aliphatic rings. The summed E-state index contributed by atoms with van der Waals surface area (Å²) in [4.78, 5) is 46.1. The third kappa shape index (κ3) is 5.70. The van der Waals surface area contributed by atoms with E-state index in [9.17, 15) is 14.4 Å². The zero-order valence-electron chi connectivity index (χ0n) is 24.3. The quantitative estimate of drug-likeness (QED) is 0.279. The van der Waals surface area contributed by atoms with E-state index in [1.807, 2.05) is 36.4 Å². The number of hydrogen-bond acceptors (Lipinski definition) is 8. The molecule has 1 N–H and O–H groups in total. The van der Waals surface area contributed by atoms with E-state index in [4.69, 9.17) is 19.2 Å². The van der Waals surface area contributed by atoms with Crippen LogP contribution in [0.15, 0.2) is 65.5 Å². The highest BCUT2D eigenvalue weighted by atomic mass is 16.5. The zero-order chi connectivity index (χ0) is 29.9. The number of nitrogens with one attached hydrogen (secondary N) is 1. The summed E-state index contributed by atoms with van der Waals surface area (Å²) in [7, 11) is 3.17. The minimum Gasteiger partial charge on any atom is -0.493 e. The molecule has 0 bridgehead atoms. The Balaban J connectivity index is 1.31. The fourth-order valence-corrected chi connectivity index (χ4v) is 5.79. The number of rotatable bonds is 10. The maximum absolute atomic E-state index is 13.9. The van der Waals surface area contributed by atoms with Crippen LogP contribution in [0.2, 0.25) is 0 Å². The van der Waals surface area contributed by atoms with Crippen molar-refractivity contribution in [2.75, 3.05) is 39.3 Å². The molecular formula is C33H34N4O6. The van der Waals surface area contributed by atoms with Gasteiger partial charge in [0.15, 0.2) is 11.5 Å². The number of aromatic nitrogens is 2. The molecule has 3 aromatic carbocycles. The van der Waals surface area contributed by atoms with Crippen molar-refractivity contribution in [1.82, 2.24) is 14.5 Å². The lowest BCUT2D eigenvalue weighted by atomic mass is 10.1. The second-order valence-electron chi connectivity index (χ2n) is 10.7. The number of aryl methyl sites for hydroxylation is 1. The maximum atomic E-state index is 13.9. The van der Waals surface area contributed by atoms with Crippen LogP contribution in [-0.4, -0.2) is 66.3 Å². The Labute approximate surface area is 249 Å². The lowest BCUT2D eigenvalue weighted by molar-refractivity contribution is 0.0655. The van der Waals surface area contributed by atoms with Crippen molar-refractivity contribution in [2.24, 2.45) is 0 Å². The number of carbonyl (C=O) groups excluding carboxylic acids is 2. The van der Waals surface area contributed by atoms with Gasteiger partial charge in [-0.1, -0.05) is 18.2 Å². The molecular weight excluding hydrogens is 548 g/mol. The number of methoxy groups -OCH3 is 2. The average Bonchev–Trinajstić information content (AvgIpc) is 3.28. The molecule has 3 heterocycles. The predicted molar refractivity (Wildman–Crippen MR) is 162 cm³/mol. The van der Waals surface area contributed by atoms with Gasteiger partial charge in [0.2, 0.25) is 0 Å². The van der Waals surface area contributed by atoms with Crippen molar-refractivity contribution < 1.29 is 23.8 Å². The molecule has 0 aliphatic carbocycles. The minimum absolute atomic E-state index is 0.112. The van der Waals surface area contributed by atoms with E-state index in [1.54, 1.807) is 43.1 Å². The summed E-state index contributed by atoms with van der Waals surface area (Å²) < 4.78 is 17.9. The van der Waals surface area contributed by atoms with Gasteiger partial charge < -0.3 is 19.5 Å². The van der Waals surface area contributed by atoms with Crippen molar-refractivity contribution in [3.05, 3.63) is 93.5 Å². The smallest absolute Gasteiger partial charge is 0.261 e. The number of ether oxygens (including phenoxy) is 3. The molecule has 2 amide bonds. The molecule has 1 aromatic heterocycles. The Hall–Kier alpha value is -4.70. The molecule has 43 heavy (non-hydrogen) atoms. The van der Waals surface area contributed by atoms with Crippen LogP contribution in [-0.2, 0) is 24.1 Å². The van der Waals surface area contributed by atoms with Gasteiger partial charge in [0.05, 0.1) is 36.2 Å². The van der Waals surface area contributed by atoms with Crippen LogP contribution in [0.5, 0.6) is 11.5 Å². The Morgan fingerprint density at radius 1 is 0.860 bits per heavy atom. The van der Waals surface area contributed by atoms with Crippen LogP contribution in [0, 0.1) is 0 Å². The van der Waals surface area contributed by atoms with Gasteiger partial charge in [-0.05, 0) is 67.3 Å². The highest BCUT2D eigenvalue weighted by Crippen LogP contribution is 2.28. The van der Waals surface area contributed by atoms with Crippen LogP contribution >= 0.6 is 0 Å². The van der Waals surface area contributed by atoms with E-state index in [1.165, 1.54) is 4.90 Å². The molecule has 222 valence electrons. The average molecular weight is 583 g/mol. The van der Waals surface area contributed by atoms with Crippen LogP contribution in [0.4, 0.5) is 5.69 Å². The highest BCUT2D eigenvalue weighted by Gasteiger charge is 2.35. The molecule has 0 spiro atoms. The van der Waals surface area contributed by atoms with Crippen LogP contribution in [0.25, 0.3) is 10.9 Å². The van der Waals surface area contributed by atoms with Gasteiger partial charge in [-0.2, -0.15) is 0 Å². The zero-order valence-corrected chi connectivity index (χ0v) is 24.3. The highest BCUT2D eigenvalue weighted by molar-refractivity contribution is 6.21. The Morgan fingerprint density at radius 3 is 2.28 bits per heavy atom. The Bertz CT molecular complexity index is 1710. The fraction of sp³-hybridized carbons (Fsp3) is 0.333. The number of benzene rings is 3. The van der Waals surface area contributed by atoms with Gasteiger partial charge in [0.25, 0.3) is 17.4 Å². The maximum Gasteiger partial charge on any atom is 0.261 e. The van der Waals surface area contributed by atoms with Gasteiger partial charge >= 0.3 is 0 Å². The number of anilines is 1. The summed E-state index contributed by atoms with van der Waals surface area (Å²) in [6.07, 6.45) is 2.60. The van der Waals surface area contributed by atoms with Crippen molar-refractivity contribution in [2.45, 2.75) is 38.3 Å². The second kappa shape index (κ2) is 12.3. The lowest BCUT2D eigenvalue weighted by Crippen LogP contribution is -2.34. The monoisotopic (exact) mass is 582 g/mol. The predicted octanol–water partition coefficient (Wildman–Crippen LogP) is 4.09. The fourth-order valence-electron chi connectivity index (χ4n) is 5.79. The largest absolute Gasteiger partial charge is 0.493 e. The van der Waals surface area contributed by atoms with E-state index < -0.39 is 0 Å². The molecule has 1 saturated heterocycles. The summed E-state index contributed by atoms with van der Waals surface area (Å²) in [6.45, 7) is 1.91. The molecule has 0 saturated carbocycles. The van der Waals surface area contributed by atoms with Gasteiger partial charge in [-0.25, -0.2) is 4.98 Å². The standard InChI is InChI=1S/C33H34N4O6/c1-41-28-10-7-21(19-29(28)42-2)11-15-36-30(12-16-37-31(38)24-5-3-4-6-25(24)32(37)39)35-27-20-23(8-9-26(27)33(36)40)34-22-13-17-43-18-14-22/h3-10,19-20,22,34H,11-18H2,1-2H3. The molecule has 10 heteroatoms. The third-order valence-electron chi connectivity index (χ3n) is 8.14. The molecule has 4 aromatic rings. The SMILES string of the molecule is COc1ccc(CCn2c(CCN3C(=O)c4ccccc4C3=O)nc3cc(NC4CCOCC4)ccc3c2=O)cc1OC. The van der Waals surface area contributed by atoms with Gasteiger partial charge in [0, 0.05) is 44.5 Å². The van der Waals surface area contributed by atoms with Crippen LogP contribution in [0.3, 0.4) is 0 Å². The van der Waals surface area contributed by atoms with E-state index in [0.29, 0.717) is 58.4 Å².